The SMILES string of the molecule is Brc1cc(-c2sccc2Br)c(Br)cc1-c1sccc1Br.C[Si](C)(C)c1cc(Br)c(-c2cc(Br)c(-c3sc([Si](C)(C)C)cc3Br)cc2Br)s1. The minimum atomic E-state index is -1.33. The number of hydrogen-bond acceptors (Lipinski definition) is 4. The summed E-state index contributed by atoms with van der Waals surface area (Å²) in [5.41, 5.74) is 4.84. The molecule has 0 aliphatic rings. The summed E-state index contributed by atoms with van der Waals surface area (Å²) in [7, 11) is -2.67. The molecule has 0 aliphatic heterocycles. The molecule has 0 radical (unpaired) electrons. The van der Waals surface area contributed by atoms with Crippen LogP contribution in [0.5, 0.6) is 0 Å². The molecule has 0 atom stereocenters. The lowest BCUT2D eigenvalue weighted by Crippen LogP contribution is -2.34. The molecule has 14 heteroatoms. The van der Waals surface area contributed by atoms with Gasteiger partial charge in [-0.05, 0) is 132 Å². The lowest BCUT2D eigenvalue weighted by Gasteiger charge is -2.13. The fourth-order valence-corrected chi connectivity index (χ4v) is 18.5. The smallest absolute Gasteiger partial charge is 0.0904 e. The van der Waals surface area contributed by atoms with Gasteiger partial charge in [-0.3, -0.25) is 0 Å². The minimum Gasteiger partial charge on any atom is -0.144 e. The molecular weight excluding hydrogens is 1230 g/mol. The van der Waals surface area contributed by atoms with E-state index in [0.29, 0.717) is 0 Å². The van der Waals surface area contributed by atoms with Gasteiger partial charge in [0.05, 0.1) is 16.1 Å². The van der Waals surface area contributed by atoms with Gasteiger partial charge in [0.1, 0.15) is 0 Å². The van der Waals surface area contributed by atoms with Crippen molar-refractivity contribution in [3.05, 3.63) is 95.1 Å². The van der Waals surface area contributed by atoms with Crippen molar-refractivity contribution in [1.82, 2.24) is 0 Å². The van der Waals surface area contributed by atoms with E-state index < -0.39 is 16.1 Å². The topological polar surface area (TPSA) is 0 Å². The number of benzene rings is 2. The molecular formula is C34H28Br8S4Si2. The summed E-state index contributed by atoms with van der Waals surface area (Å²) in [5, 5.41) is 4.17. The van der Waals surface area contributed by atoms with Gasteiger partial charge in [0.2, 0.25) is 0 Å². The van der Waals surface area contributed by atoms with Gasteiger partial charge in [-0.25, -0.2) is 0 Å². The van der Waals surface area contributed by atoms with Crippen molar-refractivity contribution in [3.63, 3.8) is 0 Å². The van der Waals surface area contributed by atoms with Gasteiger partial charge in [-0.15, -0.1) is 45.3 Å². The summed E-state index contributed by atoms with van der Waals surface area (Å²) in [5.74, 6) is 0. The number of rotatable bonds is 6. The van der Waals surface area contributed by atoms with E-state index in [0.717, 1.165) is 26.8 Å². The Balaban J connectivity index is 0.000000198. The Morgan fingerprint density at radius 3 is 0.896 bits per heavy atom. The Bertz CT molecular complexity index is 1960. The molecule has 0 saturated heterocycles. The molecule has 4 heterocycles. The van der Waals surface area contributed by atoms with E-state index in [1.807, 2.05) is 22.7 Å². The summed E-state index contributed by atoms with van der Waals surface area (Å²) < 4.78 is 12.1. The molecule has 6 rings (SSSR count). The van der Waals surface area contributed by atoms with E-state index in [-0.39, 0.29) is 0 Å². The number of hydrogen-bond donors (Lipinski definition) is 0. The molecule has 252 valence electrons. The van der Waals surface area contributed by atoms with Crippen LogP contribution in [0.15, 0.2) is 95.1 Å². The first-order valence-corrected chi connectivity index (χ1v) is 31.2. The van der Waals surface area contributed by atoms with E-state index in [1.54, 1.807) is 22.7 Å². The third kappa shape index (κ3) is 9.23. The second kappa shape index (κ2) is 16.5. The fraction of sp³-hybridized carbons (Fsp3) is 0.176. The molecule has 48 heavy (non-hydrogen) atoms. The average Bonchev–Trinajstić information content (AvgIpc) is 3.78. The minimum absolute atomic E-state index is 1.10. The van der Waals surface area contributed by atoms with E-state index in [4.69, 9.17) is 0 Å². The maximum absolute atomic E-state index is 3.85. The van der Waals surface area contributed by atoms with Crippen LogP contribution in [0.1, 0.15) is 0 Å². The largest absolute Gasteiger partial charge is 0.144 e. The summed E-state index contributed by atoms with van der Waals surface area (Å²) in [6, 6.07) is 17.6. The van der Waals surface area contributed by atoms with Crippen LogP contribution in [0.2, 0.25) is 39.3 Å². The zero-order chi connectivity index (χ0) is 35.3. The third-order valence-electron chi connectivity index (χ3n) is 7.18. The lowest BCUT2D eigenvalue weighted by atomic mass is 10.1. The maximum Gasteiger partial charge on any atom is 0.0904 e. The van der Waals surface area contributed by atoms with Crippen LogP contribution in [-0.4, -0.2) is 16.1 Å². The highest BCUT2D eigenvalue weighted by atomic mass is 79.9. The molecule has 0 bridgehead atoms. The van der Waals surface area contributed by atoms with Gasteiger partial charge in [0.25, 0.3) is 0 Å². The van der Waals surface area contributed by atoms with E-state index in [2.05, 4.69) is 226 Å². The highest BCUT2D eigenvalue weighted by Gasteiger charge is 2.25. The highest BCUT2D eigenvalue weighted by Crippen LogP contribution is 2.47. The molecule has 0 N–H and O–H groups in total. The second-order valence-electron chi connectivity index (χ2n) is 12.9. The predicted octanol–water partition coefficient (Wildman–Crippen LogP) is 17.5. The van der Waals surface area contributed by atoms with E-state index in [9.17, 15) is 0 Å². The first-order chi connectivity index (χ1) is 22.4. The van der Waals surface area contributed by atoms with E-state index in [1.165, 1.54) is 59.7 Å². The first kappa shape index (κ1) is 40.7. The van der Waals surface area contributed by atoms with Crippen LogP contribution >= 0.6 is 173 Å². The standard InChI is InChI=1S/C20H22Br4S2Si2.C14H6Br4S2/c1-27(2,3)17-9-15(23)19(25-17)11-7-14(22)12(8-13(11)21)20-16(24)10-18(26-20)28(4,5)6;15-9-1-3-19-13(9)7-5-12(18)8(6-11(7)17)14-10(16)2-4-20-14/h7-10H,1-6H3;1-6H. The van der Waals surface area contributed by atoms with Crippen molar-refractivity contribution in [2.24, 2.45) is 0 Å². The van der Waals surface area contributed by atoms with Crippen LogP contribution < -0.4 is 9.00 Å². The molecule has 6 aromatic rings. The maximum atomic E-state index is 3.85. The zero-order valence-electron chi connectivity index (χ0n) is 26.4. The molecule has 2 aromatic carbocycles. The molecule has 0 fully saturated rings. The van der Waals surface area contributed by atoms with Crippen LogP contribution in [-0.2, 0) is 0 Å². The second-order valence-corrected chi connectivity index (χ2v) is 34.5. The van der Waals surface area contributed by atoms with Crippen molar-refractivity contribution in [2.75, 3.05) is 0 Å². The number of thiophene rings is 4. The van der Waals surface area contributed by atoms with Crippen molar-refractivity contribution in [2.45, 2.75) is 39.3 Å². The third-order valence-corrected chi connectivity index (χ3v) is 24.8. The summed E-state index contributed by atoms with van der Waals surface area (Å²) >= 11 is 37.2. The Morgan fingerprint density at radius 1 is 0.375 bits per heavy atom. The van der Waals surface area contributed by atoms with Gasteiger partial charge in [0.15, 0.2) is 0 Å². The first-order valence-electron chi connectivity index (χ1n) is 14.4. The van der Waals surface area contributed by atoms with Crippen molar-refractivity contribution < 1.29 is 0 Å². The van der Waals surface area contributed by atoms with Crippen molar-refractivity contribution in [3.8, 4) is 41.8 Å². The Morgan fingerprint density at radius 2 is 0.667 bits per heavy atom. The summed E-state index contributed by atoms with van der Waals surface area (Å²) in [4.78, 5) is 5.05. The monoisotopic (exact) mass is 1250 g/mol. The number of halogens is 8. The Hall–Kier alpha value is 1.51. The van der Waals surface area contributed by atoms with Gasteiger partial charge in [-0.2, -0.15) is 0 Å². The van der Waals surface area contributed by atoms with Crippen LogP contribution in [0, 0.1) is 0 Å². The lowest BCUT2D eigenvalue weighted by molar-refractivity contribution is 1.58. The summed E-state index contributed by atoms with van der Waals surface area (Å²) in [6.07, 6.45) is 0. The summed E-state index contributed by atoms with van der Waals surface area (Å²) in [6.45, 7) is 14.4. The molecule has 0 saturated carbocycles. The Labute approximate surface area is 368 Å². The highest BCUT2D eigenvalue weighted by molar-refractivity contribution is 9.12. The van der Waals surface area contributed by atoms with Crippen molar-refractivity contribution in [1.29, 1.82) is 0 Å². The van der Waals surface area contributed by atoms with Gasteiger partial charge >= 0.3 is 0 Å². The normalized spacial score (nSPS) is 12.0. The van der Waals surface area contributed by atoms with Gasteiger partial charge in [0, 0.05) is 77.5 Å². The fourth-order valence-electron chi connectivity index (χ4n) is 4.61. The zero-order valence-corrected chi connectivity index (χ0v) is 44.4. The molecule has 0 spiro atoms. The Kier molecular flexibility index (Phi) is 14.0. The quantitative estimate of drug-likeness (QED) is 0.146. The van der Waals surface area contributed by atoms with Gasteiger partial charge in [-0.1, -0.05) is 103 Å². The molecule has 0 unspecified atom stereocenters. The predicted molar refractivity (Wildman–Crippen MR) is 254 cm³/mol. The van der Waals surface area contributed by atoms with Crippen molar-refractivity contribution >= 4 is 198 Å². The molecule has 4 aromatic heterocycles. The molecule has 0 aliphatic carbocycles. The average molecular weight is 1260 g/mol. The van der Waals surface area contributed by atoms with Crippen LogP contribution in [0.3, 0.4) is 0 Å². The van der Waals surface area contributed by atoms with Crippen LogP contribution in [0.4, 0.5) is 0 Å². The van der Waals surface area contributed by atoms with E-state index >= 15 is 0 Å². The molecule has 0 nitrogen and oxygen atoms in total. The molecule has 0 amide bonds. The van der Waals surface area contributed by atoms with Gasteiger partial charge < -0.3 is 0 Å². The van der Waals surface area contributed by atoms with Crippen LogP contribution in [0.25, 0.3) is 41.8 Å².